The van der Waals surface area contributed by atoms with Gasteiger partial charge in [-0.25, -0.2) is 0 Å². The number of carbonyl (C=O) groups is 1. The first-order chi connectivity index (χ1) is 11.1. The Balaban J connectivity index is 1.79. The number of hydrogen-bond donors (Lipinski definition) is 1. The minimum atomic E-state index is 0.0417. The molecule has 0 aliphatic rings. The van der Waals surface area contributed by atoms with E-state index in [4.69, 9.17) is 0 Å². The van der Waals surface area contributed by atoms with Gasteiger partial charge in [0.1, 0.15) is 17.9 Å². The lowest BCUT2D eigenvalue weighted by atomic mass is 10.1. The molecule has 1 aromatic heterocycles. The molecular formula is C18H17N3O2. The summed E-state index contributed by atoms with van der Waals surface area (Å²) in [5.74, 6) is 1.15. The number of Topliss-reactive ketones (excluding diaryl/α,β-unsaturated/α-hetero) is 1. The zero-order valence-electron chi connectivity index (χ0n) is 12.8. The van der Waals surface area contributed by atoms with Crippen LogP contribution in [0.5, 0.6) is 5.75 Å². The number of ketones is 1. The van der Waals surface area contributed by atoms with Crippen LogP contribution in [0.4, 0.5) is 0 Å². The Kier molecular flexibility index (Phi) is 4.19. The molecule has 0 unspecified atom stereocenters. The molecule has 0 fully saturated rings. The van der Waals surface area contributed by atoms with Gasteiger partial charge in [0.15, 0.2) is 5.78 Å². The number of aromatic nitrogens is 3. The van der Waals surface area contributed by atoms with Crippen molar-refractivity contribution in [2.45, 2.75) is 19.8 Å². The van der Waals surface area contributed by atoms with E-state index in [1.54, 1.807) is 37.5 Å². The minimum absolute atomic E-state index is 0.0417. The van der Waals surface area contributed by atoms with Crippen LogP contribution >= 0.6 is 0 Å². The minimum Gasteiger partial charge on any atom is -0.508 e. The highest BCUT2D eigenvalue weighted by Crippen LogP contribution is 2.18. The Morgan fingerprint density at radius 1 is 1.09 bits per heavy atom. The van der Waals surface area contributed by atoms with E-state index in [-0.39, 0.29) is 5.78 Å². The van der Waals surface area contributed by atoms with Crippen molar-refractivity contribution in [3.63, 3.8) is 0 Å². The predicted molar refractivity (Wildman–Crippen MR) is 86.9 cm³/mol. The number of aryl methyl sites for hydroxylation is 2. The molecule has 5 nitrogen and oxygen atoms in total. The third-order valence-electron chi connectivity index (χ3n) is 3.78. The molecule has 5 heteroatoms. The van der Waals surface area contributed by atoms with Crippen LogP contribution < -0.4 is 0 Å². The molecule has 0 aliphatic heterocycles. The quantitative estimate of drug-likeness (QED) is 0.736. The van der Waals surface area contributed by atoms with Crippen LogP contribution in [0.25, 0.3) is 5.69 Å². The average Bonchev–Trinajstić information content (AvgIpc) is 3.02. The third-order valence-corrected chi connectivity index (χ3v) is 3.78. The highest BCUT2D eigenvalue weighted by molar-refractivity contribution is 5.94. The molecule has 0 amide bonds. The fourth-order valence-electron chi connectivity index (χ4n) is 2.47. The van der Waals surface area contributed by atoms with E-state index in [0.29, 0.717) is 24.2 Å². The highest BCUT2D eigenvalue weighted by atomic mass is 16.3. The van der Waals surface area contributed by atoms with E-state index >= 15 is 0 Å². The van der Waals surface area contributed by atoms with Gasteiger partial charge >= 0.3 is 0 Å². The molecule has 1 N–H and O–H groups in total. The first-order valence-electron chi connectivity index (χ1n) is 7.42. The Hall–Kier alpha value is -2.95. The second-order valence-electron chi connectivity index (χ2n) is 5.35. The van der Waals surface area contributed by atoms with Gasteiger partial charge in [0, 0.05) is 17.7 Å². The van der Waals surface area contributed by atoms with E-state index in [9.17, 15) is 9.90 Å². The van der Waals surface area contributed by atoms with Crippen molar-refractivity contribution in [1.82, 2.24) is 14.8 Å². The van der Waals surface area contributed by atoms with Crippen molar-refractivity contribution in [3.8, 4) is 11.4 Å². The van der Waals surface area contributed by atoms with Crippen LogP contribution in [0, 0.1) is 0 Å². The molecule has 0 saturated carbocycles. The van der Waals surface area contributed by atoms with Gasteiger partial charge in [-0.1, -0.05) is 18.2 Å². The number of nitrogens with zero attached hydrogens (tertiary/aromatic N) is 3. The standard InChI is InChI=1S/C18H17N3O2/c1-13(22)14-6-9-16(10-7-14)21-12-19-20-18(21)11-8-15-4-2-3-5-17(15)23/h2-7,9-10,12,23H,8,11H2,1H3. The molecule has 0 bridgehead atoms. The number of phenols is 1. The normalized spacial score (nSPS) is 10.7. The smallest absolute Gasteiger partial charge is 0.159 e. The van der Waals surface area contributed by atoms with Crippen LogP contribution in [-0.2, 0) is 12.8 Å². The van der Waals surface area contributed by atoms with E-state index in [1.807, 2.05) is 28.8 Å². The molecule has 1 heterocycles. The van der Waals surface area contributed by atoms with Crippen molar-refractivity contribution in [3.05, 3.63) is 71.8 Å². The second-order valence-corrected chi connectivity index (χ2v) is 5.35. The number of benzene rings is 2. The van der Waals surface area contributed by atoms with Gasteiger partial charge in [0.2, 0.25) is 0 Å². The van der Waals surface area contributed by atoms with Gasteiger partial charge in [0.05, 0.1) is 0 Å². The van der Waals surface area contributed by atoms with E-state index in [1.165, 1.54) is 0 Å². The molecule has 23 heavy (non-hydrogen) atoms. The van der Waals surface area contributed by atoms with Gasteiger partial charge in [0.25, 0.3) is 0 Å². The van der Waals surface area contributed by atoms with Crippen molar-refractivity contribution < 1.29 is 9.90 Å². The largest absolute Gasteiger partial charge is 0.508 e. The number of rotatable bonds is 5. The first-order valence-corrected chi connectivity index (χ1v) is 7.42. The maximum atomic E-state index is 11.3. The molecule has 116 valence electrons. The lowest BCUT2D eigenvalue weighted by molar-refractivity contribution is 0.101. The molecule has 0 atom stereocenters. The zero-order chi connectivity index (χ0) is 16.2. The highest BCUT2D eigenvalue weighted by Gasteiger charge is 2.09. The molecule has 3 aromatic rings. The van der Waals surface area contributed by atoms with Crippen molar-refractivity contribution in [2.75, 3.05) is 0 Å². The Labute approximate surface area is 134 Å². The number of aromatic hydroxyl groups is 1. The maximum absolute atomic E-state index is 11.3. The topological polar surface area (TPSA) is 68.0 Å². The fraction of sp³-hybridized carbons (Fsp3) is 0.167. The molecule has 2 aromatic carbocycles. The molecule has 0 radical (unpaired) electrons. The van der Waals surface area contributed by atoms with E-state index in [2.05, 4.69) is 10.2 Å². The number of phenolic OH excluding ortho intramolecular Hbond substituents is 1. The molecule has 3 rings (SSSR count). The van der Waals surface area contributed by atoms with Crippen LogP contribution in [0.1, 0.15) is 28.7 Å². The van der Waals surface area contributed by atoms with Gasteiger partial charge in [-0.3, -0.25) is 9.36 Å². The monoisotopic (exact) mass is 307 g/mol. The summed E-state index contributed by atoms with van der Waals surface area (Å²) in [7, 11) is 0. The molecule has 0 saturated heterocycles. The molecule has 0 spiro atoms. The van der Waals surface area contributed by atoms with Gasteiger partial charge in [-0.2, -0.15) is 0 Å². The van der Waals surface area contributed by atoms with Crippen LogP contribution in [0.2, 0.25) is 0 Å². The second kappa shape index (κ2) is 6.44. The summed E-state index contributed by atoms with van der Waals surface area (Å²) in [5.41, 5.74) is 2.47. The fourth-order valence-corrected chi connectivity index (χ4v) is 2.47. The summed E-state index contributed by atoms with van der Waals surface area (Å²) in [6, 6.07) is 14.6. The van der Waals surface area contributed by atoms with Crippen LogP contribution in [0.15, 0.2) is 54.9 Å². The number of carbonyl (C=O) groups excluding carboxylic acids is 1. The van der Waals surface area contributed by atoms with Crippen molar-refractivity contribution >= 4 is 5.78 Å². The third kappa shape index (κ3) is 3.29. The van der Waals surface area contributed by atoms with Crippen LogP contribution in [-0.4, -0.2) is 25.7 Å². The van der Waals surface area contributed by atoms with Crippen molar-refractivity contribution in [1.29, 1.82) is 0 Å². The maximum Gasteiger partial charge on any atom is 0.159 e. The summed E-state index contributed by atoms with van der Waals surface area (Å²) in [6.45, 7) is 1.55. The van der Waals surface area contributed by atoms with Crippen molar-refractivity contribution in [2.24, 2.45) is 0 Å². The van der Waals surface area contributed by atoms with Gasteiger partial charge in [-0.15, -0.1) is 10.2 Å². The summed E-state index contributed by atoms with van der Waals surface area (Å²) in [4.78, 5) is 11.3. The number of hydrogen-bond acceptors (Lipinski definition) is 4. The molecule has 0 aliphatic carbocycles. The lowest BCUT2D eigenvalue weighted by Gasteiger charge is -2.08. The Morgan fingerprint density at radius 2 is 1.83 bits per heavy atom. The Morgan fingerprint density at radius 3 is 2.52 bits per heavy atom. The first kappa shape index (κ1) is 15.0. The zero-order valence-corrected chi connectivity index (χ0v) is 12.8. The van der Waals surface area contributed by atoms with Crippen LogP contribution in [0.3, 0.4) is 0 Å². The molecular weight excluding hydrogens is 290 g/mol. The summed E-state index contributed by atoms with van der Waals surface area (Å²) in [5, 5.41) is 18.0. The summed E-state index contributed by atoms with van der Waals surface area (Å²) < 4.78 is 1.89. The SMILES string of the molecule is CC(=O)c1ccc(-n2cnnc2CCc2ccccc2O)cc1. The number of para-hydroxylation sites is 1. The van der Waals surface area contributed by atoms with Gasteiger partial charge in [-0.05, 0) is 49.2 Å². The Bertz CT molecular complexity index is 822. The predicted octanol–water partition coefficient (Wildman–Crippen LogP) is 2.96. The summed E-state index contributed by atoms with van der Waals surface area (Å²) >= 11 is 0. The van der Waals surface area contributed by atoms with E-state index < -0.39 is 0 Å². The van der Waals surface area contributed by atoms with Gasteiger partial charge < -0.3 is 5.11 Å². The summed E-state index contributed by atoms with van der Waals surface area (Å²) in [6.07, 6.45) is 2.99. The lowest BCUT2D eigenvalue weighted by Crippen LogP contribution is -2.03. The van der Waals surface area contributed by atoms with E-state index in [0.717, 1.165) is 17.1 Å². The average molecular weight is 307 g/mol.